The summed E-state index contributed by atoms with van der Waals surface area (Å²) < 4.78 is 2.19. The molecule has 2 rings (SSSR count). The van der Waals surface area contributed by atoms with Gasteiger partial charge in [-0.3, -0.25) is 0 Å². The van der Waals surface area contributed by atoms with E-state index < -0.39 is 0 Å². The maximum Gasteiger partial charge on any atom is 0.140 e. The molecule has 0 fully saturated rings. The molecule has 0 saturated carbocycles. The summed E-state index contributed by atoms with van der Waals surface area (Å²) in [5, 5.41) is 1.17. The fourth-order valence-corrected chi connectivity index (χ4v) is 1.78. The summed E-state index contributed by atoms with van der Waals surface area (Å²) in [5.74, 6) is 0. The Morgan fingerprint density at radius 3 is 2.67 bits per heavy atom. The van der Waals surface area contributed by atoms with Crippen molar-refractivity contribution < 1.29 is 0 Å². The van der Waals surface area contributed by atoms with Crippen LogP contribution in [-0.2, 0) is 5.54 Å². The number of rotatable bonds is 1. The van der Waals surface area contributed by atoms with Crippen LogP contribution in [0.1, 0.15) is 26.3 Å². The molecule has 0 unspecified atom stereocenters. The van der Waals surface area contributed by atoms with Crippen molar-refractivity contribution in [3.05, 3.63) is 36.7 Å². The van der Waals surface area contributed by atoms with Gasteiger partial charge in [0.1, 0.15) is 5.65 Å². The second-order valence-corrected chi connectivity index (χ2v) is 4.70. The van der Waals surface area contributed by atoms with Gasteiger partial charge in [0.2, 0.25) is 0 Å². The van der Waals surface area contributed by atoms with Crippen LogP contribution in [0.5, 0.6) is 0 Å². The molecule has 0 aromatic carbocycles. The van der Waals surface area contributed by atoms with Crippen LogP contribution in [0.25, 0.3) is 17.1 Å². The minimum Gasteiger partial charge on any atom is -0.327 e. The van der Waals surface area contributed by atoms with Gasteiger partial charge in [-0.05, 0) is 38.5 Å². The van der Waals surface area contributed by atoms with Crippen LogP contribution in [-0.4, -0.2) is 9.55 Å². The molecule has 2 aromatic heterocycles. The summed E-state index contributed by atoms with van der Waals surface area (Å²) in [4.78, 5) is 4.43. The maximum atomic E-state index is 4.43. The van der Waals surface area contributed by atoms with E-state index in [0.29, 0.717) is 0 Å². The normalized spacial score (nSPS) is 11.9. The monoisotopic (exact) mass is 200 g/mol. The van der Waals surface area contributed by atoms with E-state index in [1.165, 1.54) is 5.39 Å². The van der Waals surface area contributed by atoms with E-state index >= 15 is 0 Å². The molecule has 0 aliphatic carbocycles. The average molecular weight is 200 g/mol. The Morgan fingerprint density at radius 2 is 2.07 bits per heavy atom. The summed E-state index contributed by atoms with van der Waals surface area (Å²) in [7, 11) is 0. The minimum absolute atomic E-state index is 0.0640. The van der Waals surface area contributed by atoms with Crippen LogP contribution in [0.3, 0.4) is 0 Å². The molecule has 2 heteroatoms. The Labute approximate surface area is 90.3 Å². The second kappa shape index (κ2) is 3.23. The van der Waals surface area contributed by atoms with Crippen molar-refractivity contribution in [2.24, 2.45) is 0 Å². The van der Waals surface area contributed by atoms with Gasteiger partial charge in [-0.2, -0.15) is 0 Å². The van der Waals surface area contributed by atoms with E-state index in [1.54, 1.807) is 0 Å². The van der Waals surface area contributed by atoms with Gasteiger partial charge in [-0.1, -0.05) is 12.7 Å². The standard InChI is InChI=1S/C13H16N2/c1-5-10-6-8-14-12-11(10)7-9-15(12)13(2,3)4/h5-9H,1H2,2-4H3. The fraction of sp³-hybridized carbons (Fsp3) is 0.308. The predicted molar refractivity (Wildman–Crippen MR) is 64.8 cm³/mol. The highest BCUT2D eigenvalue weighted by atomic mass is 15.1. The van der Waals surface area contributed by atoms with Gasteiger partial charge in [0, 0.05) is 23.3 Å². The topological polar surface area (TPSA) is 17.8 Å². The van der Waals surface area contributed by atoms with E-state index in [1.807, 2.05) is 18.3 Å². The summed E-state index contributed by atoms with van der Waals surface area (Å²) in [6, 6.07) is 4.09. The average Bonchev–Trinajstić information content (AvgIpc) is 2.59. The van der Waals surface area contributed by atoms with Gasteiger partial charge in [-0.25, -0.2) is 4.98 Å². The lowest BCUT2D eigenvalue weighted by atomic mass is 10.1. The molecule has 0 saturated heterocycles. The van der Waals surface area contributed by atoms with Gasteiger partial charge in [-0.15, -0.1) is 0 Å². The lowest BCUT2D eigenvalue weighted by molar-refractivity contribution is 0.408. The molecule has 0 atom stereocenters. The van der Waals surface area contributed by atoms with Crippen LogP contribution in [0.4, 0.5) is 0 Å². The fourth-order valence-electron chi connectivity index (χ4n) is 1.78. The molecule has 0 spiro atoms. The number of hydrogen-bond acceptors (Lipinski definition) is 1. The third-order valence-electron chi connectivity index (χ3n) is 2.56. The molecule has 0 amide bonds. The molecule has 0 bridgehead atoms. The molecule has 2 nitrogen and oxygen atoms in total. The van der Waals surface area contributed by atoms with Crippen molar-refractivity contribution in [1.82, 2.24) is 9.55 Å². The number of hydrogen-bond donors (Lipinski definition) is 0. The molecule has 78 valence electrons. The van der Waals surface area contributed by atoms with Gasteiger partial charge < -0.3 is 4.57 Å². The van der Waals surface area contributed by atoms with Gasteiger partial charge in [0.15, 0.2) is 0 Å². The quantitative estimate of drug-likeness (QED) is 0.689. The molecule has 0 N–H and O–H groups in total. The first-order chi connectivity index (χ1) is 7.04. The Bertz CT molecular complexity index is 501. The first-order valence-corrected chi connectivity index (χ1v) is 5.13. The first kappa shape index (κ1) is 9.97. The Kier molecular flexibility index (Phi) is 2.14. The van der Waals surface area contributed by atoms with Crippen molar-refractivity contribution in [3.63, 3.8) is 0 Å². The van der Waals surface area contributed by atoms with Crippen molar-refractivity contribution in [2.75, 3.05) is 0 Å². The van der Waals surface area contributed by atoms with Crippen LogP contribution in [0.15, 0.2) is 31.1 Å². The molecule has 2 heterocycles. The lowest BCUT2D eigenvalue weighted by Gasteiger charge is -2.21. The van der Waals surface area contributed by atoms with Crippen molar-refractivity contribution in [2.45, 2.75) is 26.3 Å². The summed E-state index contributed by atoms with van der Waals surface area (Å²) >= 11 is 0. The van der Waals surface area contributed by atoms with Crippen molar-refractivity contribution in [3.8, 4) is 0 Å². The van der Waals surface area contributed by atoms with Crippen LogP contribution in [0, 0.1) is 0 Å². The van der Waals surface area contributed by atoms with E-state index in [2.05, 4.69) is 49.2 Å². The Balaban J connectivity index is 2.77. The number of nitrogens with zero attached hydrogens (tertiary/aromatic N) is 2. The van der Waals surface area contributed by atoms with Gasteiger partial charge in [0.05, 0.1) is 0 Å². The molecule has 15 heavy (non-hydrogen) atoms. The van der Waals surface area contributed by atoms with Crippen LogP contribution in [0.2, 0.25) is 0 Å². The number of aromatic nitrogens is 2. The van der Waals surface area contributed by atoms with Gasteiger partial charge in [0.25, 0.3) is 0 Å². The number of pyridine rings is 1. The zero-order valence-electron chi connectivity index (χ0n) is 9.49. The molecule has 0 radical (unpaired) electrons. The second-order valence-electron chi connectivity index (χ2n) is 4.70. The highest BCUT2D eigenvalue weighted by molar-refractivity contribution is 5.86. The Morgan fingerprint density at radius 1 is 1.33 bits per heavy atom. The van der Waals surface area contributed by atoms with Crippen molar-refractivity contribution >= 4 is 17.1 Å². The third-order valence-corrected chi connectivity index (χ3v) is 2.56. The zero-order valence-corrected chi connectivity index (χ0v) is 9.49. The SMILES string of the molecule is C=Cc1ccnc2c1ccn2C(C)(C)C. The zero-order chi connectivity index (χ0) is 11.1. The largest absolute Gasteiger partial charge is 0.327 e. The van der Waals surface area contributed by atoms with Crippen molar-refractivity contribution in [1.29, 1.82) is 0 Å². The first-order valence-electron chi connectivity index (χ1n) is 5.13. The summed E-state index contributed by atoms with van der Waals surface area (Å²) in [6.07, 6.45) is 5.79. The van der Waals surface area contributed by atoms with E-state index in [9.17, 15) is 0 Å². The van der Waals surface area contributed by atoms with Gasteiger partial charge >= 0.3 is 0 Å². The van der Waals surface area contributed by atoms with E-state index in [0.717, 1.165) is 11.2 Å². The van der Waals surface area contributed by atoms with Crippen LogP contribution >= 0.6 is 0 Å². The molecule has 0 aliphatic heterocycles. The number of fused-ring (bicyclic) bond motifs is 1. The molecule has 0 aliphatic rings. The van der Waals surface area contributed by atoms with E-state index in [4.69, 9.17) is 0 Å². The predicted octanol–water partition coefficient (Wildman–Crippen LogP) is 3.43. The minimum atomic E-state index is 0.0640. The third kappa shape index (κ3) is 1.56. The molecular formula is C13H16N2. The maximum absolute atomic E-state index is 4.43. The van der Waals surface area contributed by atoms with Crippen LogP contribution < -0.4 is 0 Å². The highest BCUT2D eigenvalue weighted by Crippen LogP contribution is 2.24. The summed E-state index contributed by atoms with van der Waals surface area (Å²) in [6.45, 7) is 10.3. The molecular weight excluding hydrogens is 184 g/mol. The van der Waals surface area contributed by atoms with E-state index in [-0.39, 0.29) is 5.54 Å². The lowest BCUT2D eigenvalue weighted by Crippen LogP contribution is -2.20. The molecule has 2 aromatic rings. The smallest absolute Gasteiger partial charge is 0.140 e. The Hall–Kier alpha value is -1.57. The highest BCUT2D eigenvalue weighted by Gasteiger charge is 2.16. The summed E-state index contributed by atoms with van der Waals surface area (Å²) in [5.41, 5.74) is 2.23.